The van der Waals surface area contributed by atoms with E-state index in [-0.39, 0.29) is 28.4 Å². The zero-order chi connectivity index (χ0) is 22.4. The third-order valence-corrected chi connectivity index (χ3v) is 6.50. The first-order valence-electron chi connectivity index (χ1n) is 10.2. The number of anilines is 1. The molecule has 2 bridgehead atoms. The second kappa shape index (κ2) is 7.94. The number of nitrogens with one attached hydrogen (secondary N) is 2. The molecule has 2 aliphatic heterocycles. The Bertz CT molecular complexity index is 1280. The number of carbonyl (C=O) groups excluding carboxylic acids is 1. The van der Waals surface area contributed by atoms with E-state index in [1.54, 1.807) is 29.4 Å². The van der Waals surface area contributed by atoms with Gasteiger partial charge < -0.3 is 19.9 Å². The molecular formula is C23H20ClFN4O3. The van der Waals surface area contributed by atoms with Crippen molar-refractivity contribution in [2.45, 2.75) is 31.3 Å². The standard InChI is InChI=1S/C23H20ClFN4O3/c1-32-21-11-26-5-4-14(21)15-8-18(25)19(9-17(15)24)28-23(31)29-13-2-3-20(29)16-10-27-22(30)7-12(16)6-13/h4-5,7-11,13,20H,2-3,6H2,1H3,(H,27,30)(H,28,31)/t13-,20+/m0/s1. The molecule has 2 N–H and O–H groups in total. The zero-order valence-electron chi connectivity index (χ0n) is 17.2. The second-order valence-electron chi connectivity index (χ2n) is 7.95. The molecule has 0 aliphatic carbocycles. The van der Waals surface area contributed by atoms with Gasteiger partial charge in [0.1, 0.15) is 11.6 Å². The van der Waals surface area contributed by atoms with Crippen LogP contribution in [0.25, 0.3) is 11.1 Å². The van der Waals surface area contributed by atoms with Crippen molar-refractivity contribution in [2.75, 3.05) is 12.4 Å². The molecule has 2 aliphatic rings. The smallest absolute Gasteiger partial charge is 0.322 e. The fourth-order valence-corrected chi connectivity index (χ4v) is 5.02. The number of amides is 2. The maximum Gasteiger partial charge on any atom is 0.322 e. The number of methoxy groups -OCH3 is 1. The van der Waals surface area contributed by atoms with Crippen LogP contribution in [0.15, 0.2) is 47.7 Å². The van der Waals surface area contributed by atoms with Gasteiger partial charge in [-0.15, -0.1) is 0 Å². The summed E-state index contributed by atoms with van der Waals surface area (Å²) >= 11 is 6.44. The molecule has 0 spiro atoms. The van der Waals surface area contributed by atoms with Crippen LogP contribution < -0.4 is 15.6 Å². The van der Waals surface area contributed by atoms with Gasteiger partial charge >= 0.3 is 6.03 Å². The van der Waals surface area contributed by atoms with E-state index < -0.39 is 11.8 Å². The van der Waals surface area contributed by atoms with Gasteiger partial charge in [0.2, 0.25) is 5.56 Å². The van der Waals surface area contributed by atoms with E-state index in [0.29, 0.717) is 23.3 Å². The lowest BCUT2D eigenvalue weighted by molar-refractivity contribution is 0.179. The van der Waals surface area contributed by atoms with E-state index in [1.807, 2.05) is 0 Å². The summed E-state index contributed by atoms with van der Waals surface area (Å²) in [6.45, 7) is 0. The first kappa shape index (κ1) is 20.5. The Morgan fingerprint density at radius 2 is 2.16 bits per heavy atom. The average molecular weight is 455 g/mol. The van der Waals surface area contributed by atoms with Gasteiger partial charge in [0.05, 0.1) is 30.1 Å². The third kappa shape index (κ3) is 3.40. The summed E-state index contributed by atoms with van der Waals surface area (Å²) in [4.78, 5) is 33.2. The minimum absolute atomic E-state index is 0.00318. The molecule has 2 aromatic heterocycles. The number of fused-ring (bicyclic) bond motifs is 4. The van der Waals surface area contributed by atoms with Gasteiger partial charge in [-0.3, -0.25) is 9.78 Å². The third-order valence-electron chi connectivity index (χ3n) is 6.19. The maximum atomic E-state index is 15.0. The van der Waals surface area contributed by atoms with E-state index in [2.05, 4.69) is 15.3 Å². The Hall–Kier alpha value is -3.39. The highest BCUT2D eigenvalue weighted by atomic mass is 35.5. The van der Waals surface area contributed by atoms with E-state index in [1.165, 1.54) is 25.4 Å². The average Bonchev–Trinajstić information content (AvgIpc) is 3.11. The molecule has 32 heavy (non-hydrogen) atoms. The number of benzene rings is 1. The van der Waals surface area contributed by atoms with Gasteiger partial charge in [0, 0.05) is 35.6 Å². The van der Waals surface area contributed by atoms with Crippen molar-refractivity contribution in [2.24, 2.45) is 0 Å². The van der Waals surface area contributed by atoms with E-state index in [4.69, 9.17) is 16.3 Å². The number of ether oxygens (including phenoxy) is 1. The van der Waals surface area contributed by atoms with E-state index in [9.17, 15) is 14.0 Å². The minimum atomic E-state index is -0.606. The van der Waals surface area contributed by atoms with Gasteiger partial charge in [0.15, 0.2) is 0 Å². The molecule has 0 saturated carbocycles. The lowest BCUT2D eigenvalue weighted by Crippen LogP contribution is -2.44. The number of aromatic amines is 1. The fraction of sp³-hybridized carbons (Fsp3) is 0.261. The molecule has 1 aromatic carbocycles. The monoisotopic (exact) mass is 454 g/mol. The predicted octanol–water partition coefficient (Wildman–Crippen LogP) is 4.53. The van der Waals surface area contributed by atoms with Gasteiger partial charge in [-0.1, -0.05) is 11.6 Å². The number of nitrogens with zero attached hydrogens (tertiary/aromatic N) is 2. The summed E-state index contributed by atoms with van der Waals surface area (Å²) in [6, 6.07) is 5.39. The predicted molar refractivity (Wildman–Crippen MR) is 119 cm³/mol. The number of pyridine rings is 2. The summed E-state index contributed by atoms with van der Waals surface area (Å²) in [6.07, 6.45) is 6.99. The number of hydrogen-bond donors (Lipinski definition) is 2. The number of halogens is 2. The van der Waals surface area contributed by atoms with Crippen LogP contribution in [0.5, 0.6) is 5.75 Å². The van der Waals surface area contributed by atoms with Crippen LogP contribution >= 0.6 is 11.6 Å². The number of carbonyl (C=O) groups is 1. The van der Waals surface area contributed by atoms with Crippen LogP contribution in [0.2, 0.25) is 5.02 Å². The highest BCUT2D eigenvalue weighted by molar-refractivity contribution is 6.33. The van der Waals surface area contributed by atoms with E-state index >= 15 is 0 Å². The van der Waals surface area contributed by atoms with Crippen molar-refractivity contribution in [3.63, 3.8) is 0 Å². The lowest BCUT2D eigenvalue weighted by Gasteiger charge is -2.36. The summed E-state index contributed by atoms with van der Waals surface area (Å²) in [5.41, 5.74) is 2.80. The van der Waals surface area contributed by atoms with Crippen LogP contribution in [-0.4, -0.2) is 34.1 Å². The normalized spacial score (nSPS) is 18.9. The Labute approximate surface area is 188 Å². The first-order chi connectivity index (χ1) is 15.5. The maximum absolute atomic E-state index is 15.0. The van der Waals surface area contributed by atoms with Crippen molar-refractivity contribution in [1.29, 1.82) is 0 Å². The molecule has 1 saturated heterocycles. The van der Waals surface area contributed by atoms with Crippen molar-refractivity contribution in [3.05, 3.63) is 75.2 Å². The van der Waals surface area contributed by atoms with E-state index in [0.717, 1.165) is 24.0 Å². The van der Waals surface area contributed by atoms with Gasteiger partial charge in [0.25, 0.3) is 0 Å². The van der Waals surface area contributed by atoms with Crippen LogP contribution in [0.1, 0.15) is 30.0 Å². The Morgan fingerprint density at radius 3 is 2.97 bits per heavy atom. The molecule has 3 aromatic rings. The lowest BCUT2D eigenvalue weighted by atomic mass is 9.95. The summed E-state index contributed by atoms with van der Waals surface area (Å²) in [5, 5.41) is 2.96. The Balaban J connectivity index is 1.42. The fourth-order valence-electron chi connectivity index (χ4n) is 4.76. The van der Waals surface area contributed by atoms with Crippen molar-refractivity contribution in [1.82, 2.24) is 14.9 Å². The van der Waals surface area contributed by atoms with Gasteiger partial charge in [-0.05, 0) is 48.6 Å². The highest BCUT2D eigenvalue weighted by Crippen LogP contribution is 2.43. The van der Waals surface area contributed by atoms with Gasteiger partial charge in [-0.25, -0.2) is 9.18 Å². The number of urea groups is 1. The second-order valence-corrected chi connectivity index (χ2v) is 8.36. The van der Waals surface area contributed by atoms with Crippen LogP contribution in [0, 0.1) is 5.82 Å². The van der Waals surface area contributed by atoms with Crippen molar-refractivity contribution < 1.29 is 13.9 Å². The summed E-state index contributed by atoms with van der Waals surface area (Å²) in [5.74, 6) is -0.141. The molecule has 164 valence electrons. The number of rotatable bonds is 3. The number of hydrogen-bond acceptors (Lipinski definition) is 4. The molecular weight excluding hydrogens is 435 g/mol. The minimum Gasteiger partial charge on any atom is -0.494 e. The molecule has 9 heteroatoms. The molecule has 2 atom stereocenters. The number of aromatic nitrogens is 2. The topological polar surface area (TPSA) is 87.3 Å². The molecule has 2 amide bonds. The van der Waals surface area contributed by atoms with Crippen molar-refractivity contribution >= 4 is 23.3 Å². The largest absolute Gasteiger partial charge is 0.494 e. The molecule has 0 unspecified atom stereocenters. The summed E-state index contributed by atoms with van der Waals surface area (Å²) < 4.78 is 20.3. The molecule has 4 heterocycles. The zero-order valence-corrected chi connectivity index (χ0v) is 17.9. The Morgan fingerprint density at radius 1 is 1.31 bits per heavy atom. The van der Waals surface area contributed by atoms with Crippen LogP contribution in [0.3, 0.4) is 0 Å². The highest BCUT2D eigenvalue weighted by Gasteiger charge is 2.43. The van der Waals surface area contributed by atoms with Crippen LogP contribution in [-0.2, 0) is 6.42 Å². The number of H-pyrrole nitrogens is 1. The molecule has 1 fully saturated rings. The Kier molecular flexibility index (Phi) is 5.09. The molecule has 0 radical (unpaired) electrons. The molecule has 5 rings (SSSR count). The first-order valence-corrected chi connectivity index (χ1v) is 10.6. The quantitative estimate of drug-likeness (QED) is 0.608. The SMILES string of the molecule is COc1cnccc1-c1cc(F)c(NC(=O)N2[C@H]3CC[C@@H]2c2c[nH]c(=O)cc2C3)cc1Cl. The molecule has 7 nitrogen and oxygen atoms in total. The van der Waals surface area contributed by atoms with Crippen molar-refractivity contribution in [3.8, 4) is 16.9 Å². The van der Waals surface area contributed by atoms with Gasteiger partial charge in [-0.2, -0.15) is 0 Å². The summed E-state index contributed by atoms with van der Waals surface area (Å²) in [7, 11) is 1.50. The van der Waals surface area contributed by atoms with Crippen LogP contribution in [0.4, 0.5) is 14.9 Å².